The fraction of sp³-hybridized carbons (Fsp3) is 0.467. The van der Waals surface area contributed by atoms with Crippen LogP contribution in [0.5, 0.6) is 0 Å². The number of alkyl halides is 3. The van der Waals surface area contributed by atoms with Crippen molar-refractivity contribution >= 4 is 23.4 Å². The third-order valence-electron chi connectivity index (χ3n) is 3.74. The van der Waals surface area contributed by atoms with Crippen LogP contribution < -0.4 is 5.32 Å². The normalized spacial score (nSPS) is 16.3. The molecule has 0 aliphatic carbocycles. The molecule has 0 spiro atoms. The lowest BCUT2D eigenvalue weighted by molar-refractivity contribution is -0.174. The molecule has 0 unspecified atom stereocenters. The summed E-state index contributed by atoms with van der Waals surface area (Å²) in [4.78, 5) is 24.7. The Morgan fingerprint density at radius 3 is 2.39 bits per heavy atom. The number of hydrogen-bond donors (Lipinski definition) is 1. The Hall–Kier alpha value is -1.76. The predicted octanol–water partition coefficient (Wildman–Crippen LogP) is 2.55. The van der Waals surface area contributed by atoms with Crippen LogP contribution in [0.3, 0.4) is 0 Å². The summed E-state index contributed by atoms with van der Waals surface area (Å²) in [6.07, 6.45) is -4.12. The summed E-state index contributed by atoms with van der Waals surface area (Å²) >= 11 is 6.01. The van der Waals surface area contributed by atoms with Gasteiger partial charge in [-0.05, 0) is 24.5 Å². The summed E-state index contributed by atoms with van der Waals surface area (Å²) in [6, 6.07) is 6.45. The highest BCUT2D eigenvalue weighted by molar-refractivity contribution is 6.31. The number of nitrogens with zero attached hydrogens (tertiary/aromatic N) is 1. The van der Waals surface area contributed by atoms with E-state index in [1.54, 1.807) is 29.2 Å². The van der Waals surface area contributed by atoms with E-state index in [4.69, 9.17) is 11.6 Å². The highest BCUT2D eigenvalue weighted by atomic mass is 35.5. The maximum absolute atomic E-state index is 12.2. The molecule has 1 aliphatic rings. The molecule has 2 amide bonds. The second-order valence-corrected chi connectivity index (χ2v) is 5.80. The van der Waals surface area contributed by atoms with Crippen LogP contribution in [0.1, 0.15) is 18.4 Å². The maximum Gasteiger partial charge on any atom is 0.471 e. The first kappa shape index (κ1) is 17.6. The maximum atomic E-state index is 12.2. The SMILES string of the molecule is O=C(Cc1ccccc1Cl)N1CCC(NC(=O)C(F)(F)F)CC1. The van der Waals surface area contributed by atoms with Crippen molar-refractivity contribution in [1.82, 2.24) is 10.2 Å². The quantitative estimate of drug-likeness (QED) is 0.912. The Balaban J connectivity index is 1.83. The van der Waals surface area contributed by atoms with E-state index in [0.29, 0.717) is 36.5 Å². The zero-order valence-corrected chi connectivity index (χ0v) is 13.0. The molecule has 1 aromatic carbocycles. The number of nitrogens with one attached hydrogen (secondary N) is 1. The first-order valence-corrected chi connectivity index (χ1v) is 7.54. The van der Waals surface area contributed by atoms with Gasteiger partial charge in [-0.2, -0.15) is 13.2 Å². The molecular weight excluding hydrogens is 333 g/mol. The molecule has 2 rings (SSSR count). The third-order valence-corrected chi connectivity index (χ3v) is 4.11. The van der Waals surface area contributed by atoms with Gasteiger partial charge in [0, 0.05) is 24.2 Å². The molecular formula is C15H16ClF3N2O2. The van der Waals surface area contributed by atoms with Crippen LogP contribution >= 0.6 is 11.6 Å². The number of hydrogen-bond acceptors (Lipinski definition) is 2. The van der Waals surface area contributed by atoms with E-state index in [9.17, 15) is 22.8 Å². The van der Waals surface area contributed by atoms with Crippen LogP contribution in [0.2, 0.25) is 5.02 Å². The average Bonchev–Trinajstić information content (AvgIpc) is 2.49. The predicted molar refractivity (Wildman–Crippen MR) is 79.0 cm³/mol. The molecule has 0 atom stereocenters. The molecule has 1 aromatic rings. The average molecular weight is 349 g/mol. The fourth-order valence-electron chi connectivity index (χ4n) is 2.46. The fourth-order valence-corrected chi connectivity index (χ4v) is 2.66. The van der Waals surface area contributed by atoms with Crippen molar-refractivity contribution in [3.63, 3.8) is 0 Å². The summed E-state index contributed by atoms with van der Waals surface area (Å²) in [6.45, 7) is 0.623. The van der Waals surface area contributed by atoms with Crippen LogP contribution in [0, 0.1) is 0 Å². The first-order chi connectivity index (χ1) is 10.8. The Morgan fingerprint density at radius 1 is 1.22 bits per heavy atom. The Morgan fingerprint density at radius 2 is 1.83 bits per heavy atom. The Kier molecular flexibility index (Phi) is 5.51. The van der Waals surface area contributed by atoms with E-state index in [1.807, 2.05) is 5.32 Å². The van der Waals surface area contributed by atoms with E-state index in [0.717, 1.165) is 0 Å². The van der Waals surface area contributed by atoms with Crippen LogP contribution in [0.15, 0.2) is 24.3 Å². The highest BCUT2D eigenvalue weighted by Gasteiger charge is 2.40. The number of piperidine rings is 1. The van der Waals surface area contributed by atoms with Gasteiger partial charge in [0.1, 0.15) is 0 Å². The number of carbonyl (C=O) groups excluding carboxylic acids is 2. The molecule has 1 saturated heterocycles. The summed E-state index contributed by atoms with van der Waals surface area (Å²) in [7, 11) is 0. The van der Waals surface area contributed by atoms with Crippen LogP contribution in [-0.2, 0) is 16.0 Å². The van der Waals surface area contributed by atoms with Gasteiger partial charge in [0.05, 0.1) is 6.42 Å². The lowest BCUT2D eigenvalue weighted by atomic mass is 10.0. The molecule has 1 fully saturated rings. The monoisotopic (exact) mass is 348 g/mol. The van der Waals surface area contributed by atoms with E-state index in [-0.39, 0.29) is 12.3 Å². The second-order valence-electron chi connectivity index (χ2n) is 5.39. The molecule has 126 valence electrons. The van der Waals surface area contributed by atoms with E-state index in [1.165, 1.54) is 0 Å². The summed E-state index contributed by atoms with van der Waals surface area (Å²) in [5.41, 5.74) is 0.715. The van der Waals surface area contributed by atoms with Gasteiger partial charge in [-0.15, -0.1) is 0 Å². The second kappa shape index (κ2) is 7.21. The molecule has 1 N–H and O–H groups in total. The molecule has 0 radical (unpaired) electrons. The lowest BCUT2D eigenvalue weighted by Crippen LogP contribution is -2.49. The first-order valence-electron chi connectivity index (χ1n) is 7.16. The summed E-state index contributed by atoms with van der Waals surface area (Å²) in [5.74, 6) is -2.06. The molecule has 0 bridgehead atoms. The van der Waals surface area contributed by atoms with Crippen molar-refractivity contribution in [2.24, 2.45) is 0 Å². The van der Waals surface area contributed by atoms with Crippen LogP contribution in [0.4, 0.5) is 13.2 Å². The Bertz CT molecular complexity index is 584. The van der Waals surface area contributed by atoms with E-state index in [2.05, 4.69) is 0 Å². The molecule has 4 nitrogen and oxygen atoms in total. The van der Waals surface area contributed by atoms with Crippen molar-refractivity contribution in [3.05, 3.63) is 34.9 Å². The number of rotatable bonds is 3. The standard InChI is InChI=1S/C15H16ClF3N2O2/c16-12-4-2-1-3-10(12)9-13(22)21-7-5-11(6-8-21)20-14(23)15(17,18)19/h1-4,11H,5-9H2,(H,20,23). The third kappa shape index (κ3) is 4.86. The number of benzene rings is 1. The minimum atomic E-state index is -4.88. The smallest absolute Gasteiger partial charge is 0.345 e. The molecule has 0 aromatic heterocycles. The molecule has 1 aliphatic heterocycles. The summed E-state index contributed by atoms with van der Waals surface area (Å²) in [5, 5.41) is 2.46. The van der Waals surface area contributed by atoms with Crippen molar-refractivity contribution in [1.29, 1.82) is 0 Å². The molecule has 0 saturated carbocycles. The van der Waals surface area contributed by atoms with Crippen molar-refractivity contribution in [2.45, 2.75) is 31.5 Å². The van der Waals surface area contributed by atoms with Crippen molar-refractivity contribution < 1.29 is 22.8 Å². The van der Waals surface area contributed by atoms with Gasteiger partial charge in [0.15, 0.2) is 0 Å². The number of carbonyl (C=O) groups is 2. The van der Waals surface area contributed by atoms with E-state index >= 15 is 0 Å². The lowest BCUT2D eigenvalue weighted by Gasteiger charge is -2.32. The molecule has 23 heavy (non-hydrogen) atoms. The number of amides is 2. The van der Waals surface area contributed by atoms with Gasteiger partial charge in [-0.3, -0.25) is 9.59 Å². The largest absolute Gasteiger partial charge is 0.471 e. The topological polar surface area (TPSA) is 49.4 Å². The Labute approximate surface area is 136 Å². The van der Waals surface area contributed by atoms with Gasteiger partial charge in [-0.1, -0.05) is 29.8 Å². The minimum absolute atomic E-state index is 0.126. The van der Waals surface area contributed by atoms with Crippen molar-refractivity contribution in [2.75, 3.05) is 13.1 Å². The van der Waals surface area contributed by atoms with Gasteiger partial charge < -0.3 is 10.2 Å². The van der Waals surface area contributed by atoms with Gasteiger partial charge in [0.2, 0.25) is 5.91 Å². The highest BCUT2D eigenvalue weighted by Crippen LogP contribution is 2.19. The van der Waals surface area contributed by atoms with Crippen LogP contribution in [0.25, 0.3) is 0 Å². The van der Waals surface area contributed by atoms with Crippen molar-refractivity contribution in [3.8, 4) is 0 Å². The zero-order valence-electron chi connectivity index (χ0n) is 12.2. The van der Waals surface area contributed by atoms with Gasteiger partial charge in [-0.25, -0.2) is 0 Å². The molecule has 1 heterocycles. The summed E-state index contributed by atoms with van der Waals surface area (Å²) < 4.78 is 36.6. The molecule has 8 heteroatoms. The van der Waals surface area contributed by atoms with E-state index < -0.39 is 18.1 Å². The zero-order chi connectivity index (χ0) is 17.0. The number of likely N-dealkylation sites (tertiary alicyclic amines) is 1. The van der Waals surface area contributed by atoms with Gasteiger partial charge in [0.25, 0.3) is 0 Å². The van der Waals surface area contributed by atoms with Gasteiger partial charge >= 0.3 is 12.1 Å². The number of halogens is 4. The minimum Gasteiger partial charge on any atom is -0.345 e. The van der Waals surface area contributed by atoms with Crippen LogP contribution in [-0.4, -0.2) is 42.0 Å².